The number of carbonyl (C=O) groups is 2. The number of benzene rings is 2. The Kier molecular flexibility index (Phi) is 7.67. The molecule has 186 valence electrons. The molecule has 0 aromatic heterocycles. The number of amides is 1. The molecular formula is C26H29FN2O6. The molecule has 2 fully saturated rings. The average molecular weight is 485 g/mol. The number of rotatable bonds is 8. The lowest BCUT2D eigenvalue weighted by Gasteiger charge is -2.29. The zero-order chi connectivity index (χ0) is 24.9. The molecule has 9 heteroatoms. The van der Waals surface area contributed by atoms with E-state index < -0.39 is 23.5 Å². The molecular weight excluding hydrogens is 455 g/mol. The molecule has 4 rings (SSSR count). The van der Waals surface area contributed by atoms with E-state index >= 15 is 0 Å². The smallest absolute Gasteiger partial charge is 0.295 e. The van der Waals surface area contributed by atoms with Gasteiger partial charge in [-0.3, -0.25) is 14.5 Å². The molecule has 2 aliphatic rings. The van der Waals surface area contributed by atoms with Crippen molar-refractivity contribution in [3.63, 3.8) is 0 Å². The van der Waals surface area contributed by atoms with Crippen LogP contribution in [0.2, 0.25) is 0 Å². The molecule has 2 aromatic rings. The molecule has 1 atom stereocenters. The molecule has 0 aliphatic carbocycles. The van der Waals surface area contributed by atoms with Crippen LogP contribution in [0.3, 0.4) is 0 Å². The Labute approximate surface area is 203 Å². The maximum Gasteiger partial charge on any atom is 0.295 e. The van der Waals surface area contributed by atoms with E-state index in [2.05, 4.69) is 4.90 Å². The van der Waals surface area contributed by atoms with Gasteiger partial charge in [0, 0.05) is 31.7 Å². The van der Waals surface area contributed by atoms with Crippen molar-refractivity contribution in [2.24, 2.45) is 0 Å². The summed E-state index contributed by atoms with van der Waals surface area (Å²) in [6.45, 7) is 4.04. The van der Waals surface area contributed by atoms with E-state index in [1.807, 2.05) is 0 Å². The van der Waals surface area contributed by atoms with E-state index in [0.717, 1.165) is 19.6 Å². The third kappa shape index (κ3) is 5.16. The number of morpholine rings is 1. The first-order valence-electron chi connectivity index (χ1n) is 11.5. The minimum atomic E-state index is -0.839. The first-order chi connectivity index (χ1) is 16.9. The number of carbonyl (C=O) groups excluding carboxylic acids is 2. The highest BCUT2D eigenvalue weighted by Gasteiger charge is 2.45. The number of ether oxygens (including phenoxy) is 3. The van der Waals surface area contributed by atoms with Crippen molar-refractivity contribution >= 4 is 17.4 Å². The second kappa shape index (κ2) is 10.9. The third-order valence-electron chi connectivity index (χ3n) is 6.36. The minimum absolute atomic E-state index is 0.0415. The number of methoxy groups -OCH3 is 2. The average Bonchev–Trinajstić information content (AvgIpc) is 3.14. The predicted octanol–water partition coefficient (Wildman–Crippen LogP) is 2.99. The Balaban J connectivity index is 1.69. The van der Waals surface area contributed by atoms with Crippen molar-refractivity contribution in [1.82, 2.24) is 9.80 Å². The molecule has 2 aromatic carbocycles. The van der Waals surface area contributed by atoms with Crippen LogP contribution in [0.15, 0.2) is 48.0 Å². The summed E-state index contributed by atoms with van der Waals surface area (Å²) in [5.74, 6) is -1.40. The molecule has 2 heterocycles. The van der Waals surface area contributed by atoms with Crippen molar-refractivity contribution in [2.45, 2.75) is 12.5 Å². The molecule has 1 N–H and O–H groups in total. The van der Waals surface area contributed by atoms with E-state index in [1.54, 1.807) is 18.2 Å². The van der Waals surface area contributed by atoms with Gasteiger partial charge in [0.05, 0.1) is 39.0 Å². The fourth-order valence-electron chi connectivity index (χ4n) is 4.53. The van der Waals surface area contributed by atoms with E-state index in [0.29, 0.717) is 48.8 Å². The molecule has 1 unspecified atom stereocenters. The van der Waals surface area contributed by atoms with Crippen LogP contribution in [-0.4, -0.2) is 80.2 Å². The normalized spacial score (nSPS) is 20.3. The molecule has 0 bridgehead atoms. The van der Waals surface area contributed by atoms with Gasteiger partial charge < -0.3 is 24.2 Å². The van der Waals surface area contributed by atoms with E-state index in [4.69, 9.17) is 14.2 Å². The van der Waals surface area contributed by atoms with Crippen LogP contribution < -0.4 is 9.47 Å². The maximum absolute atomic E-state index is 13.7. The second-order valence-electron chi connectivity index (χ2n) is 8.42. The third-order valence-corrected chi connectivity index (χ3v) is 6.36. The van der Waals surface area contributed by atoms with Gasteiger partial charge in [0.1, 0.15) is 11.6 Å². The van der Waals surface area contributed by atoms with E-state index in [9.17, 15) is 19.1 Å². The Morgan fingerprint density at radius 1 is 1.03 bits per heavy atom. The lowest BCUT2D eigenvalue weighted by Crippen LogP contribution is -2.38. The zero-order valence-corrected chi connectivity index (χ0v) is 19.8. The van der Waals surface area contributed by atoms with Crippen molar-refractivity contribution in [3.8, 4) is 11.5 Å². The van der Waals surface area contributed by atoms with Crippen LogP contribution in [0, 0.1) is 5.82 Å². The van der Waals surface area contributed by atoms with Gasteiger partial charge in [-0.1, -0.05) is 12.1 Å². The summed E-state index contributed by atoms with van der Waals surface area (Å²) in [6.07, 6.45) is 0.640. The molecule has 0 radical (unpaired) electrons. The van der Waals surface area contributed by atoms with Crippen LogP contribution >= 0.6 is 0 Å². The fraction of sp³-hybridized carbons (Fsp3) is 0.385. The summed E-state index contributed by atoms with van der Waals surface area (Å²) < 4.78 is 29.6. The van der Waals surface area contributed by atoms with Gasteiger partial charge in [-0.05, 0) is 42.3 Å². The number of aliphatic hydroxyl groups excluding tert-OH is 1. The number of likely N-dealkylation sites (tertiary alicyclic amines) is 1. The maximum atomic E-state index is 13.7. The standard InChI is InChI=1S/C26H29FN2O6/c1-33-20-9-6-18(16-21(20)34-2)24(30)22-23(17-4-7-19(27)8-5-17)29(26(32)25(22)31)11-3-10-28-12-14-35-15-13-28/h4-9,16,23,30H,3,10-15H2,1-2H3/b24-22-. The van der Waals surface area contributed by atoms with Crippen LogP contribution in [0.25, 0.3) is 5.76 Å². The number of hydrogen-bond acceptors (Lipinski definition) is 7. The Morgan fingerprint density at radius 2 is 1.71 bits per heavy atom. The van der Waals surface area contributed by atoms with Gasteiger partial charge in [0.15, 0.2) is 11.5 Å². The number of hydrogen-bond donors (Lipinski definition) is 1. The fourth-order valence-corrected chi connectivity index (χ4v) is 4.53. The monoisotopic (exact) mass is 484 g/mol. The number of halogens is 1. The highest BCUT2D eigenvalue weighted by molar-refractivity contribution is 6.46. The molecule has 2 aliphatic heterocycles. The zero-order valence-electron chi connectivity index (χ0n) is 19.8. The summed E-state index contributed by atoms with van der Waals surface area (Å²) in [7, 11) is 2.96. The summed E-state index contributed by atoms with van der Waals surface area (Å²) >= 11 is 0. The van der Waals surface area contributed by atoms with E-state index in [1.165, 1.54) is 43.4 Å². The second-order valence-corrected chi connectivity index (χ2v) is 8.42. The van der Waals surface area contributed by atoms with Crippen LogP contribution in [0.4, 0.5) is 4.39 Å². The molecule has 1 amide bonds. The van der Waals surface area contributed by atoms with Gasteiger partial charge in [0.2, 0.25) is 0 Å². The van der Waals surface area contributed by atoms with Crippen molar-refractivity contribution in [3.05, 3.63) is 65.0 Å². The summed E-state index contributed by atoms with van der Waals surface area (Å²) in [6, 6.07) is 9.52. The lowest BCUT2D eigenvalue weighted by atomic mass is 9.95. The highest BCUT2D eigenvalue weighted by atomic mass is 19.1. The summed E-state index contributed by atoms with van der Waals surface area (Å²) in [5.41, 5.74) is 0.806. The summed E-state index contributed by atoms with van der Waals surface area (Å²) in [4.78, 5) is 30.0. The number of ketones is 1. The lowest BCUT2D eigenvalue weighted by molar-refractivity contribution is -0.140. The number of aliphatic hydroxyl groups is 1. The van der Waals surface area contributed by atoms with Gasteiger partial charge in [-0.15, -0.1) is 0 Å². The SMILES string of the molecule is COc1ccc(/C(O)=C2/C(=O)C(=O)N(CCCN3CCOCC3)C2c2ccc(F)cc2)cc1OC. The Morgan fingerprint density at radius 3 is 2.37 bits per heavy atom. The first-order valence-corrected chi connectivity index (χ1v) is 11.5. The molecule has 8 nitrogen and oxygen atoms in total. The van der Waals surface area contributed by atoms with E-state index in [-0.39, 0.29) is 11.3 Å². The predicted molar refractivity (Wildman–Crippen MR) is 127 cm³/mol. The van der Waals surface area contributed by atoms with Crippen molar-refractivity contribution in [1.29, 1.82) is 0 Å². The van der Waals surface area contributed by atoms with Crippen LogP contribution in [-0.2, 0) is 14.3 Å². The van der Waals surface area contributed by atoms with Gasteiger partial charge >= 0.3 is 0 Å². The molecule has 2 saturated heterocycles. The first kappa shape index (κ1) is 24.7. The Bertz CT molecular complexity index is 1110. The van der Waals surface area contributed by atoms with Crippen molar-refractivity contribution in [2.75, 3.05) is 53.6 Å². The van der Waals surface area contributed by atoms with Crippen LogP contribution in [0.5, 0.6) is 11.5 Å². The van der Waals surface area contributed by atoms with Gasteiger partial charge in [-0.25, -0.2) is 4.39 Å². The molecule has 0 saturated carbocycles. The topological polar surface area (TPSA) is 88.5 Å². The minimum Gasteiger partial charge on any atom is -0.507 e. The largest absolute Gasteiger partial charge is 0.507 e. The Hall–Kier alpha value is -3.43. The number of Topliss-reactive ketones (excluding diaryl/α,β-unsaturated/α-hetero) is 1. The number of nitrogens with zero attached hydrogens (tertiary/aromatic N) is 2. The van der Waals surface area contributed by atoms with Crippen molar-refractivity contribution < 1.29 is 33.3 Å². The highest BCUT2D eigenvalue weighted by Crippen LogP contribution is 2.40. The van der Waals surface area contributed by atoms with Gasteiger partial charge in [0.25, 0.3) is 11.7 Å². The molecule has 0 spiro atoms. The quantitative estimate of drug-likeness (QED) is 0.350. The van der Waals surface area contributed by atoms with Gasteiger partial charge in [-0.2, -0.15) is 0 Å². The summed E-state index contributed by atoms with van der Waals surface area (Å²) in [5, 5.41) is 11.2. The molecule has 35 heavy (non-hydrogen) atoms. The van der Waals surface area contributed by atoms with Crippen LogP contribution in [0.1, 0.15) is 23.6 Å².